The SMILES string of the molecule is CCN1CCN(C2(CNC(=O)c3cn(-c4ncccc4C#N)c4nccc(Cl)c34)CCCCC2)CC1. The van der Waals surface area contributed by atoms with Gasteiger partial charge in [-0.2, -0.15) is 5.26 Å². The quantitative estimate of drug-likeness (QED) is 0.544. The monoisotopic (exact) mass is 505 g/mol. The summed E-state index contributed by atoms with van der Waals surface area (Å²) in [7, 11) is 0. The molecule has 5 rings (SSSR count). The summed E-state index contributed by atoms with van der Waals surface area (Å²) in [5.74, 6) is 0.247. The largest absolute Gasteiger partial charge is 0.350 e. The van der Waals surface area contributed by atoms with Gasteiger partial charge >= 0.3 is 0 Å². The van der Waals surface area contributed by atoms with Crippen LogP contribution in [-0.4, -0.2) is 75.0 Å². The molecule has 3 aromatic heterocycles. The summed E-state index contributed by atoms with van der Waals surface area (Å²) in [4.78, 5) is 27.6. The minimum Gasteiger partial charge on any atom is -0.350 e. The fraction of sp³-hybridized carbons (Fsp3) is 0.481. The first-order valence-corrected chi connectivity index (χ1v) is 13.2. The molecular weight excluding hydrogens is 474 g/mol. The Hall–Kier alpha value is -2.99. The number of piperazine rings is 1. The molecule has 0 atom stereocenters. The van der Waals surface area contributed by atoms with Crippen LogP contribution >= 0.6 is 11.6 Å². The van der Waals surface area contributed by atoms with Crippen molar-refractivity contribution in [2.45, 2.75) is 44.6 Å². The van der Waals surface area contributed by atoms with E-state index in [0.29, 0.717) is 39.5 Å². The van der Waals surface area contributed by atoms with Crippen LogP contribution in [0, 0.1) is 11.3 Å². The molecule has 0 spiro atoms. The molecule has 1 N–H and O–H groups in total. The maximum absolute atomic E-state index is 13.7. The second-order valence-electron chi connectivity index (χ2n) is 9.78. The van der Waals surface area contributed by atoms with Crippen LogP contribution in [0.2, 0.25) is 5.02 Å². The zero-order valence-electron chi connectivity index (χ0n) is 20.7. The fourth-order valence-electron chi connectivity index (χ4n) is 5.82. The van der Waals surface area contributed by atoms with E-state index in [0.717, 1.165) is 45.6 Å². The predicted molar refractivity (Wildman–Crippen MR) is 140 cm³/mol. The molecule has 4 heterocycles. The van der Waals surface area contributed by atoms with Crippen molar-refractivity contribution in [3.63, 3.8) is 0 Å². The molecule has 0 unspecified atom stereocenters. The maximum atomic E-state index is 13.7. The fourth-order valence-corrected chi connectivity index (χ4v) is 6.06. The Morgan fingerprint density at radius 2 is 1.92 bits per heavy atom. The van der Waals surface area contributed by atoms with E-state index in [-0.39, 0.29) is 11.4 Å². The van der Waals surface area contributed by atoms with Gasteiger partial charge in [0.25, 0.3) is 5.91 Å². The lowest BCUT2D eigenvalue weighted by atomic mass is 9.79. The van der Waals surface area contributed by atoms with Crippen molar-refractivity contribution in [2.75, 3.05) is 39.3 Å². The molecule has 1 saturated heterocycles. The van der Waals surface area contributed by atoms with E-state index in [2.05, 4.69) is 38.1 Å². The average molecular weight is 506 g/mol. The third-order valence-electron chi connectivity index (χ3n) is 7.87. The summed E-state index contributed by atoms with van der Waals surface area (Å²) in [6.07, 6.45) is 10.8. The number of hydrogen-bond donors (Lipinski definition) is 1. The van der Waals surface area contributed by atoms with Gasteiger partial charge in [-0.3, -0.25) is 14.3 Å². The minimum atomic E-state index is -0.180. The standard InChI is InChI=1S/C27H32ClN7O/c1-2-33-13-15-34(16-14-33)27(9-4-3-5-10-27)19-32-26(36)21-18-35(24-20(17-29)7-6-11-30-24)25-23(21)22(28)8-12-31-25/h6-8,11-12,18H,2-5,9-10,13-16,19H2,1H3,(H,32,36). The van der Waals surface area contributed by atoms with Crippen LogP contribution in [-0.2, 0) is 0 Å². The number of rotatable bonds is 6. The summed E-state index contributed by atoms with van der Waals surface area (Å²) >= 11 is 6.57. The normalized spacial score (nSPS) is 18.7. The van der Waals surface area contributed by atoms with E-state index in [4.69, 9.17) is 11.6 Å². The summed E-state index contributed by atoms with van der Waals surface area (Å²) in [6.45, 7) is 8.13. The number of nitrogens with zero attached hydrogens (tertiary/aromatic N) is 6. The van der Waals surface area contributed by atoms with Crippen LogP contribution in [0.15, 0.2) is 36.8 Å². The van der Waals surface area contributed by atoms with Gasteiger partial charge in [0.2, 0.25) is 0 Å². The van der Waals surface area contributed by atoms with Crippen LogP contribution in [0.5, 0.6) is 0 Å². The van der Waals surface area contributed by atoms with E-state index in [9.17, 15) is 10.1 Å². The van der Waals surface area contributed by atoms with Gasteiger partial charge in [-0.25, -0.2) is 9.97 Å². The number of nitrogens with one attached hydrogen (secondary N) is 1. The number of carbonyl (C=O) groups excluding carboxylic acids is 1. The van der Waals surface area contributed by atoms with Crippen LogP contribution in [0.3, 0.4) is 0 Å². The number of amides is 1. The van der Waals surface area contributed by atoms with Gasteiger partial charge in [-0.05, 0) is 37.6 Å². The molecule has 0 aromatic carbocycles. The first-order chi connectivity index (χ1) is 17.6. The lowest BCUT2D eigenvalue weighted by Crippen LogP contribution is -2.61. The number of pyridine rings is 2. The van der Waals surface area contributed by atoms with Crippen LogP contribution in [0.1, 0.15) is 54.9 Å². The van der Waals surface area contributed by atoms with Gasteiger partial charge in [0.15, 0.2) is 5.82 Å². The zero-order chi connectivity index (χ0) is 25.1. The van der Waals surface area contributed by atoms with Crippen molar-refractivity contribution in [3.05, 3.63) is 52.9 Å². The first-order valence-electron chi connectivity index (χ1n) is 12.8. The van der Waals surface area contributed by atoms with Crippen LogP contribution in [0.25, 0.3) is 16.9 Å². The summed E-state index contributed by atoms with van der Waals surface area (Å²) in [5.41, 5.74) is 1.34. The van der Waals surface area contributed by atoms with Crippen molar-refractivity contribution in [3.8, 4) is 11.9 Å². The molecule has 1 saturated carbocycles. The topological polar surface area (TPSA) is 90.1 Å². The maximum Gasteiger partial charge on any atom is 0.253 e. The van der Waals surface area contributed by atoms with E-state index < -0.39 is 0 Å². The van der Waals surface area contributed by atoms with E-state index >= 15 is 0 Å². The minimum absolute atomic E-state index is 0.0108. The molecule has 36 heavy (non-hydrogen) atoms. The van der Waals surface area contributed by atoms with Gasteiger partial charge in [-0.1, -0.05) is 37.8 Å². The number of aromatic nitrogens is 3. The summed E-state index contributed by atoms with van der Waals surface area (Å²) < 4.78 is 1.69. The molecule has 8 nitrogen and oxygen atoms in total. The van der Waals surface area contributed by atoms with Gasteiger partial charge in [0.05, 0.1) is 21.5 Å². The second kappa shape index (κ2) is 10.6. The number of fused-ring (bicyclic) bond motifs is 1. The average Bonchev–Trinajstić information content (AvgIpc) is 3.33. The van der Waals surface area contributed by atoms with Crippen molar-refractivity contribution in [1.29, 1.82) is 5.26 Å². The first kappa shape index (κ1) is 24.7. The van der Waals surface area contributed by atoms with Crippen molar-refractivity contribution in [1.82, 2.24) is 29.7 Å². The Labute approximate surface area is 216 Å². The summed E-state index contributed by atoms with van der Waals surface area (Å²) in [5, 5.41) is 13.9. The highest BCUT2D eigenvalue weighted by Crippen LogP contribution is 2.35. The molecule has 9 heteroatoms. The van der Waals surface area contributed by atoms with E-state index in [1.807, 2.05) is 0 Å². The van der Waals surface area contributed by atoms with Crippen LogP contribution in [0.4, 0.5) is 0 Å². The molecule has 1 aliphatic heterocycles. The molecule has 0 radical (unpaired) electrons. The molecule has 0 bridgehead atoms. The van der Waals surface area contributed by atoms with Gasteiger partial charge < -0.3 is 10.2 Å². The molecule has 2 aliphatic rings. The molecule has 2 fully saturated rings. The third-order valence-corrected chi connectivity index (χ3v) is 8.18. The number of halogens is 1. The summed E-state index contributed by atoms with van der Waals surface area (Å²) in [6, 6.07) is 7.27. The number of likely N-dealkylation sites (N-methyl/N-ethyl adjacent to an activating group) is 1. The van der Waals surface area contributed by atoms with Crippen molar-refractivity contribution in [2.24, 2.45) is 0 Å². The van der Waals surface area contributed by atoms with Gasteiger partial charge in [-0.15, -0.1) is 0 Å². The molecular formula is C27H32ClN7O. The number of carbonyl (C=O) groups is 1. The lowest BCUT2D eigenvalue weighted by Gasteiger charge is -2.50. The molecule has 3 aromatic rings. The Morgan fingerprint density at radius 1 is 1.14 bits per heavy atom. The van der Waals surface area contributed by atoms with Crippen molar-refractivity contribution < 1.29 is 4.79 Å². The molecule has 188 valence electrons. The van der Waals surface area contributed by atoms with Gasteiger partial charge in [0.1, 0.15) is 11.7 Å². The zero-order valence-corrected chi connectivity index (χ0v) is 21.5. The highest BCUT2D eigenvalue weighted by molar-refractivity contribution is 6.36. The molecule has 1 amide bonds. The Morgan fingerprint density at radius 3 is 2.64 bits per heavy atom. The van der Waals surface area contributed by atoms with E-state index in [1.165, 1.54) is 19.3 Å². The number of hydrogen-bond acceptors (Lipinski definition) is 6. The highest BCUT2D eigenvalue weighted by Gasteiger charge is 2.39. The van der Waals surface area contributed by atoms with Gasteiger partial charge in [0, 0.05) is 56.9 Å². The lowest BCUT2D eigenvalue weighted by molar-refractivity contribution is 0.00925. The predicted octanol–water partition coefficient (Wildman–Crippen LogP) is 4.02. The Balaban J connectivity index is 1.44. The van der Waals surface area contributed by atoms with Crippen molar-refractivity contribution >= 4 is 28.5 Å². The van der Waals surface area contributed by atoms with E-state index in [1.54, 1.807) is 41.4 Å². The smallest absolute Gasteiger partial charge is 0.253 e. The third kappa shape index (κ3) is 4.59. The highest BCUT2D eigenvalue weighted by atomic mass is 35.5. The Bertz CT molecular complexity index is 1280. The number of nitriles is 1. The molecule has 1 aliphatic carbocycles. The Kier molecular flexibility index (Phi) is 7.24. The second-order valence-corrected chi connectivity index (χ2v) is 10.2. The van der Waals surface area contributed by atoms with Crippen LogP contribution < -0.4 is 5.32 Å².